The van der Waals surface area contributed by atoms with E-state index in [1.807, 2.05) is 13.8 Å². The first-order chi connectivity index (χ1) is 8.49. The molecule has 1 aliphatic heterocycles. The van der Waals surface area contributed by atoms with Crippen LogP contribution in [0.1, 0.15) is 40.5 Å². The van der Waals surface area contributed by atoms with Crippen LogP contribution in [0.15, 0.2) is 0 Å². The molecule has 0 bridgehead atoms. The molecular formula is C14H28N2O2. The van der Waals surface area contributed by atoms with Crippen LogP contribution in [0.25, 0.3) is 0 Å². The van der Waals surface area contributed by atoms with Gasteiger partial charge >= 0.3 is 0 Å². The quantitative estimate of drug-likeness (QED) is 0.785. The van der Waals surface area contributed by atoms with E-state index in [0.717, 1.165) is 39.1 Å². The summed E-state index contributed by atoms with van der Waals surface area (Å²) in [5.74, 6) is 0.263. The fourth-order valence-electron chi connectivity index (χ4n) is 2.09. The van der Waals surface area contributed by atoms with Crippen LogP contribution in [0, 0.1) is 5.92 Å². The lowest BCUT2D eigenvalue weighted by Gasteiger charge is -2.32. The number of carbonyl (C=O) groups is 1. The van der Waals surface area contributed by atoms with Crippen molar-refractivity contribution in [2.75, 3.05) is 26.2 Å². The molecule has 1 heterocycles. The Kier molecular flexibility index (Phi) is 6.65. The summed E-state index contributed by atoms with van der Waals surface area (Å²) in [6.45, 7) is 11.9. The van der Waals surface area contributed by atoms with Crippen molar-refractivity contribution in [2.45, 2.75) is 52.7 Å². The zero-order valence-corrected chi connectivity index (χ0v) is 12.2. The van der Waals surface area contributed by atoms with Crippen LogP contribution in [0.3, 0.4) is 0 Å². The van der Waals surface area contributed by atoms with Crippen molar-refractivity contribution in [3.8, 4) is 0 Å². The predicted octanol–water partition coefficient (Wildman–Crippen LogP) is 1.65. The van der Waals surface area contributed by atoms with Crippen molar-refractivity contribution in [3.63, 3.8) is 0 Å². The van der Waals surface area contributed by atoms with Gasteiger partial charge in [-0.1, -0.05) is 13.8 Å². The third kappa shape index (κ3) is 5.83. The molecule has 0 spiro atoms. The lowest BCUT2D eigenvalue weighted by molar-refractivity contribution is -0.125. The second-order valence-corrected chi connectivity index (χ2v) is 5.70. The number of hydrogen-bond donors (Lipinski definition) is 1. The van der Waals surface area contributed by atoms with Crippen LogP contribution >= 0.6 is 0 Å². The van der Waals surface area contributed by atoms with Gasteiger partial charge in [0.1, 0.15) is 0 Å². The maximum atomic E-state index is 11.6. The molecule has 0 saturated carbocycles. The standard InChI is InChI=1S/C14H28N2O2/c1-11(2)14(17)15-13-5-7-16(8-6-13)9-10-18-12(3)4/h11-13H,5-10H2,1-4H3,(H,15,17). The number of nitrogens with zero attached hydrogens (tertiary/aromatic N) is 1. The van der Waals surface area contributed by atoms with E-state index in [2.05, 4.69) is 24.1 Å². The molecule has 4 heteroatoms. The molecule has 0 atom stereocenters. The van der Waals surface area contributed by atoms with Crippen molar-refractivity contribution in [1.29, 1.82) is 0 Å². The van der Waals surface area contributed by atoms with Gasteiger partial charge in [-0.2, -0.15) is 0 Å². The molecule has 1 fully saturated rings. The minimum absolute atomic E-state index is 0.0856. The van der Waals surface area contributed by atoms with Gasteiger partial charge in [-0.3, -0.25) is 4.79 Å². The Bertz CT molecular complexity index is 246. The Morgan fingerprint density at radius 3 is 2.39 bits per heavy atom. The molecule has 18 heavy (non-hydrogen) atoms. The van der Waals surface area contributed by atoms with Crippen molar-refractivity contribution >= 4 is 5.91 Å². The largest absolute Gasteiger partial charge is 0.377 e. The average Bonchev–Trinajstić information content (AvgIpc) is 2.30. The van der Waals surface area contributed by atoms with Crippen LogP contribution in [0.2, 0.25) is 0 Å². The minimum atomic E-state index is 0.0856. The highest BCUT2D eigenvalue weighted by atomic mass is 16.5. The number of likely N-dealkylation sites (tertiary alicyclic amines) is 1. The smallest absolute Gasteiger partial charge is 0.222 e. The van der Waals surface area contributed by atoms with E-state index in [0.29, 0.717) is 12.1 Å². The summed E-state index contributed by atoms with van der Waals surface area (Å²) in [7, 11) is 0. The number of rotatable bonds is 6. The first kappa shape index (κ1) is 15.4. The van der Waals surface area contributed by atoms with Crippen LogP contribution in [-0.2, 0) is 9.53 Å². The molecule has 0 aromatic rings. The van der Waals surface area contributed by atoms with E-state index >= 15 is 0 Å². The van der Waals surface area contributed by atoms with Crippen molar-refractivity contribution in [1.82, 2.24) is 10.2 Å². The molecule has 4 nitrogen and oxygen atoms in total. The fraction of sp³-hybridized carbons (Fsp3) is 0.929. The maximum absolute atomic E-state index is 11.6. The Morgan fingerprint density at radius 1 is 1.28 bits per heavy atom. The zero-order chi connectivity index (χ0) is 13.5. The van der Waals surface area contributed by atoms with Crippen LogP contribution in [0.4, 0.5) is 0 Å². The van der Waals surface area contributed by atoms with Gasteiger partial charge in [0.2, 0.25) is 5.91 Å². The molecule has 1 saturated heterocycles. The number of amides is 1. The highest BCUT2D eigenvalue weighted by Gasteiger charge is 2.21. The Labute approximate surface area is 111 Å². The lowest BCUT2D eigenvalue weighted by Crippen LogP contribution is -2.46. The van der Waals surface area contributed by atoms with Gasteiger partial charge < -0.3 is 15.0 Å². The summed E-state index contributed by atoms with van der Waals surface area (Å²) in [5.41, 5.74) is 0. The van der Waals surface area contributed by atoms with Gasteiger partial charge in [-0.25, -0.2) is 0 Å². The van der Waals surface area contributed by atoms with E-state index in [-0.39, 0.29) is 11.8 Å². The molecule has 0 radical (unpaired) electrons. The Morgan fingerprint density at radius 2 is 1.89 bits per heavy atom. The molecule has 106 valence electrons. The van der Waals surface area contributed by atoms with Gasteiger partial charge in [-0.15, -0.1) is 0 Å². The highest BCUT2D eigenvalue weighted by molar-refractivity contribution is 5.78. The lowest BCUT2D eigenvalue weighted by atomic mass is 10.0. The van der Waals surface area contributed by atoms with E-state index in [1.54, 1.807) is 0 Å². The van der Waals surface area contributed by atoms with Gasteiger partial charge in [0, 0.05) is 31.6 Å². The molecule has 0 aromatic heterocycles. The number of ether oxygens (including phenoxy) is 1. The highest BCUT2D eigenvalue weighted by Crippen LogP contribution is 2.10. The third-order valence-electron chi connectivity index (χ3n) is 3.32. The SMILES string of the molecule is CC(C)OCCN1CCC(NC(=O)C(C)C)CC1. The molecule has 1 aliphatic rings. The van der Waals surface area contributed by atoms with Gasteiger partial charge in [0.05, 0.1) is 12.7 Å². The van der Waals surface area contributed by atoms with Crippen LogP contribution in [0.5, 0.6) is 0 Å². The monoisotopic (exact) mass is 256 g/mol. The minimum Gasteiger partial charge on any atom is -0.377 e. The van der Waals surface area contributed by atoms with E-state index in [1.165, 1.54) is 0 Å². The van der Waals surface area contributed by atoms with Crippen molar-refractivity contribution in [3.05, 3.63) is 0 Å². The molecule has 1 N–H and O–H groups in total. The summed E-state index contributed by atoms with van der Waals surface area (Å²) in [6.07, 6.45) is 2.42. The Hall–Kier alpha value is -0.610. The third-order valence-corrected chi connectivity index (χ3v) is 3.32. The van der Waals surface area contributed by atoms with E-state index < -0.39 is 0 Å². The summed E-state index contributed by atoms with van der Waals surface area (Å²) >= 11 is 0. The number of nitrogens with one attached hydrogen (secondary N) is 1. The average molecular weight is 256 g/mol. The molecular weight excluding hydrogens is 228 g/mol. The fourth-order valence-corrected chi connectivity index (χ4v) is 2.09. The van der Waals surface area contributed by atoms with Crippen LogP contribution < -0.4 is 5.32 Å². The normalized spacial score (nSPS) is 18.6. The molecule has 1 rings (SSSR count). The summed E-state index contributed by atoms with van der Waals surface area (Å²) in [5, 5.41) is 3.12. The topological polar surface area (TPSA) is 41.6 Å². The zero-order valence-electron chi connectivity index (χ0n) is 12.2. The van der Waals surface area contributed by atoms with Gasteiger partial charge in [0.15, 0.2) is 0 Å². The second kappa shape index (κ2) is 7.74. The molecule has 0 aliphatic carbocycles. The first-order valence-corrected chi connectivity index (χ1v) is 7.13. The van der Waals surface area contributed by atoms with Gasteiger partial charge in [-0.05, 0) is 26.7 Å². The molecule has 1 amide bonds. The number of piperidine rings is 1. The number of carbonyl (C=O) groups excluding carboxylic acids is 1. The number of hydrogen-bond acceptors (Lipinski definition) is 3. The summed E-state index contributed by atoms with van der Waals surface area (Å²) < 4.78 is 5.56. The summed E-state index contributed by atoms with van der Waals surface area (Å²) in [6, 6.07) is 0.363. The van der Waals surface area contributed by atoms with Crippen LogP contribution in [-0.4, -0.2) is 49.2 Å². The second-order valence-electron chi connectivity index (χ2n) is 5.70. The predicted molar refractivity (Wildman–Crippen MR) is 73.5 cm³/mol. The first-order valence-electron chi connectivity index (χ1n) is 7.13. The van der Waals surface area contributed by atoms with Gasteiger partial charge in [0.25, 0.3) is 0 Å². The van der Waals surface area contributed by atoms with E-state index in [4.69, 9.17) is 4.74 Å². The van der Waals surface area contributed by atoms with E-state index in [9.17, 15) is 4.79 Å². The Balaban J connectivity index is 2.14. The van der Waals surface area contributed by atoms with Crippen molar-refractivity contribution in [2.24, 2.45) is 5.92 Å². The molecule has 0 aromatic carbocycles. The van der Waals surface area contributed by atoms with Crippen molar-refractivity contribution < 1.29 is 9.53 Å². The maximum Gasteiger partial charge on any atom is 0.222 e. The molecule has 0 unspecified atom stereocenters. The summed E-state index contributed by atoms with van der Waals surface area (Å²) in [4.78, 5) is 14.0.